The van der Waals surface area contributed by atoms with Crippen molar-refractivity contribution in [3.05, 3.63) is 68.1 Å². The summed E-state index contributed by atoms with van der Waals surface area (Å²) < 4.78 is 13.6. The van der Waals surface area contributed by atoms with Crippen LogP contribution in [0.5, 0.6) is 0 Å². The second-order valence-electron chi connectivity index (χ2n) is 6.27. The van der Waals surface area contributed by atoms with Gasteiger partial charge in [-0.25, -0.2) is 9.37 Å². The van der Waals surface area contributed by atoms with E-state index in [0.29, 0.717) is 22.0 Å². The Morgan fingerprint density at radius 1 is 1.11 bits per heavy atom. The number of benzene rings is 1. The van der Waals surface area contributed by atoms with E-state index in [1.807, 2.05) is 19.1 Å². The summed E-state index contributed by atoms with van der Waals surface area (Å²) in [5, 5.41) is 3.21. The van der Waals surface area contributed by atoms with Crippen LogP contribution in [0.4, 0.5) is 9.52 Å². The second kappa shape index (κ2) is 8.54. The molecule has 4 nitrogen and oxygen atoms in total. The first-order valence-electron chi connectivity index (χ1n) is 8.50. The maximum absolute atomic E-state index is 13.6. The zero-order valence-electron chi connectivity index (χ0n) is 15.0. The van der Waals surface area contributed by atoms with E-state index in [2.05, 4.69) is 10.3 Å². The minimum absolute atomic E-state index is 0.0236. The molecule has 0 bridgehead atoms. The third-order valence-corrected chi connectivity index (χ3v) is 5.96. The van der Waals surface area contributed by atoms with Crippen molar-refractivity contribution in [1.29, 1.82) is 0 Å². The van der Waals surface area contributed by atoms with Gasteiger partial charge in [0.25, 0.3) is 0 Å². The summed E-state index contributed by atoms with van der Waals surface area (Å²) in [4.78, 5) is 31.0. The Hall–Kier alpha value is -2.38. The zero-order valence-corrected chi connectivity index (χ0v) is 16.7. The van der Waals surface area contributed by atoms with Crippen LogP contribution in [-0.4, -0.2) is 16.7 Å². The van der Waals surface area contributed by atoms with Gasteiger partial charge in [-0.2, -0.15) is 0 Å². The molecule has 1 amide bonds. The third-order valence-electron chi connectivity index (χ3n) is 4.01. The molecular weight excluding hydrogens is 383 g/mol. The van der Waals surface area contributed by atoms with Gasteiger partial charge < -0.3 is 5.32 Å². The van der Waals surface area contributed by atoms with E-state index in [1.54, 1.807) is 25.3 Å². The predicted octanol–water partition coefficient (Wildman–Crippen LogP) is 5.15. The Labute approximate surface area is 165 Å². The Balaban J connectivity index is 1.51. The normalized spacial score (nSPS) is 10.8. The van der Waals surface area contributed by atoms with E-state index in [9.17, 15) is 14.0 Å². The van der Waals surface area contributed by atoms with Crippen molar-refractivity contribution in [2.45, 2.75) is 33.1 Å². The number of nitrogens with zero attached hydrogens (tertiary/aromatic N) is 1. The van der Waals surface area contributed by atoms with Crippen molar-refractivity contribution in [3.8, 4) is 0 Å². The predicted molar refractivity (Wildman–Crippen MR) is 107 cm³/mol. The number of Topliss-reactive ketones (excluding diaryl/α,β-unsaturated/α-hetero) is 1. The summed E-state index contributed by atoms with van der Waals surface area (Å²) in [6.45, 7) is 3.67. The summed E-state index contributed by atoms with van der Waals surface area (Å²) in [5.41, 5.74) is 1.47. The number of carbonyl (C=O) groups is 2. The molecule has 0 spiro atoms. The highest BCUT2D eigenvalue weighted by Crippen LogP contribution is 2.23. The number of hydrogen-bond acceptors (Lipinski definition) is 5. The van der Waals surface area contributed by atoms with Crippen molar-refractivity contribution in [2.75, 3.05) is 5.32 Å². The first kappa shape index (κ1) is 19.4. The van der Waals surface area contributed by atoms with Crippen LogP contribution in [0.3, 0.4) is 0 Å². The van der Waals surface area contributed by atoms with Crippen molar-refractivity contribution in [2.24, 2.45) is 0 Å². The number of thiophene rings is 1. The highest BCUT2D eigenvalue weighted by atomic mass is 32.1. The van der Waals surface area contributed by atoms with E-state index in [4.69, 9.17) is 0 Å². The van der Waals surface area contributed by atoms with E-state index >= 15 is 0 Å². The molecule has 0 unspecified atom stereocenters. The summed E-state index contributed by atoms with van der Waals surface area (Å²) >= 11 is 2.79. The lowest BCUT2D eigenvalue weighted by molar-refractivity contribution is -0.116. The summed E-state index contributed by atoms with van der Waals surface area (Å²) in [7, 11) is 0. The molecule has 2 heterocycles. The van der Waals surface area contributed by atoms with Crippen molar-refractivity contribution in [1.82, 2.24) is 4.98 Å². The molecule has 7 heteroatoms. The highest BCUT2D eigenvalue weighted by molar-refractivity contribution is 7.15. The number of halogens is 1. The van der Waals surface area contributed by atoms with Crippen LogP contribution in [0.15, 0.2) is 36.5 Å². The molecule has 2 aromatic heterocycles. The molecule has 0 aliphatic rings. The Morgan fingerprint density at radius 3 is 2.63 bits per heavy atom. The fraction of sp³-hybridized carbons (Fsp3) is 0.250. The number of ketones is 1. The van der Waals surface area contributed by atoms with Crippen LogP contribution in [0.25, 0.3) is 0 Å². The molecule has 0 atom stereocenters. The summed E-state index contributed by atoms with van der Waals surface area (Å²) in [5.74, 6) is -0.487. The largest absolute Gasteiger partial charge is 0.302 e. The standard InChI is InChI=1S/C20H19FN2O2S2/c1-12-3-5-14(10-16(12)21)9-15-11-22-20(27-15)23-19(25)8-6-17(24)18-7-4-13(2)26-18/h3-5,7,10-11H,6,8-9H2,1-2H3,(H,22,23,25). The molecule has 0 fully saturated rings. The average Bonchev–Trinajstić information content (AvgIpc) is 3.25. The van der Waals surface area contributed by atoms with Gasteiger partial charge in [0.15, 0.2) is 10.9 Å². The molecule has 0 aliphatic heterocycles. The molecule has 1 N–H and O–H groups in total. The number of amides is 1. The van der Waals surface area contributed by atoms with Gasteiger partial charge in [-0.15, -0.1) is 22.7 Å². The quantitative estimate of drug-likeness (QED) is 0.556. The van der Waals surface area contributed by atoms with Gasteiger partial charge in [0.2, 0.25) is 5.91 Å². The van der Waals surface area contributed by atoms with Crippen LogP contribution in [0.1, 0.15) is 43.4 Å². The number of aromatic nitrogens is 1. The van der Waals surface area contributed by atoms with Crippen LogP contribution >= 0.6 is 22.7 Å². The first-order chi connectivity index (χ1) is 12.9. The van der Waals surface area contributed by atoms with Gasteiger partial charge in [-0.1, -0.05) is 12.1 Å². The molecule has 0 aliphatic carbocycles. The van der Waals surface area contributed by atoms with E-state index in [0.717, 1.165) is 15.3 Å². The Morgan fingerprint density at radius 2 is 1.93 bits per heavy atom. The summed E-state index contributed by atoms with van der Waals surface area (Å²) in [6, 6.07) is 8.84. The number of rotatable bonds is 7. The van der Waals surface area contributed by atoms with Gasteiger partial charge in [0, 0.05) is 35.2 Å². The van der Waals surface area contributed by atoms with Gasteiger partial charge in [0.05, 0.1) is 4.88 Å². The highest BCUT2D eigenvalue weighted by Gasteiger charge is 2.13. The lowest BCUT2D eigenvalue weighted by Gasteiger charge is -2.02. The van der Waals surface area contributed by atoms with Crippen molar-refractivity contribution < 1.29 is 14.0 Å². The Bertz CT molecular complexity index is 978. The Kier molecular flexibility index (Phi) is 6.13. The first-order valence-corrected chi connectivity index (χ1v) is 10.1. The molecule has 1 aromatic carbocycles. The maximum Gasteiger partial charge on any atom is 0.226 e. The van der Waals surface area contributed by atoms with Crippen molar-refractivity contribution >= 4 is 39.5 Å². The smallest absolute Gasteiger partial charge is 0.226 e. The molecule has 0 saturated heterocycles. The number of thiazole rings is 1. The number of aryl methyl sites for hydroxylation is 2. The molecule has 0 radical (unpaired) electrons. The molecule has 0 saturated carbocycles. The molecule has 27 heavy (non-hydrogen) atoms. The van der Waals surface area contributed by atoms with E-state index < -0.39 is 0 Å². The fourth-order valence-corrected chi connectivity index (χ4v) is 4.21. The van der Waals surface area contributed by atoms with Crippen LogP contribution < -0.4 is 5.32 Å². The fourth-order valence-electron chi connectivity index (χ4n) is 2.51. The molecule has 140 valence electrons. The van der Waals surface area contributed by atoms with E-state index in [-0.39, 0.29) is 30.3 Å². The van der Waals surface area contributed by atoms with Crippen molar-refractivity contribution in [3.63, 3.8) is 0 Å². The minimum Gasteiger partial charge on any atom is -0.302 e. The third kappa shape index (κ3) is 5.30. The monoisotopic (exact) mass is 402 g/mol. The zero-order chi connectivity index (χ0) is 19.4. The SMILES string of the molecule is Cc1ccc(C(=O)CCC(=O)Nc2ncc(Cc3ccc(C)c(F)c3)s2)s1. The minimum atomic E-state index is -0.237. The number of anilines is 1. The van der Waals surface area contributed by atoms with E-state index in [1.165, 1.54) is 28.7 Å². The van der Waals surface area contributed by atoms with Crippen LogP contribution in [0, 0.1) is 19.7 Å². The van der Waals surface area contributed by atoms with Gasteiger partial charge in [-0.05, 0) is 43.2 Å². The number of nitrogens with one attached hydrogen (secondary N) is 1. The number of carbonyl (C=O) groups excluding carboxylic acids is 2. The summed E-state index contributed by atoms with van der Waals surface area (Å²) in [6.07, 6.45) is 2.53. The van der Waals surface area contributed by atoms with Gasteiger partial charge >= 0.3 is 0 Å². The maximum atomic E-state index is 13.6. The molecule has 3 aromatic rings. The van der Waals surface area contributed by atoms with Crippen LogP contribution in [-0.2, 0) is 11.2 Å². The van der Waals surface area contributed by atoms with Gasteiger partial charge in [0.1, 0.15) is 5.82 Å². The van der Waals surface area contributed by atoms with Gasteiger partial charge in [-0.3, -0.25) is 9.59 Å². The topological polar surface area (TPSA) is 59.1 Å². The second-order valence-corrected chi connectivity index (χ2v) is 8.68. The molecular formula is C20H19FN2O2S2. The molecule has 3 rings (SSSR count). The lowest BCUT2D eigenvalue weighted by atomic mass is 10.1. The lowest BCUT2D eigenvalue weighted by Crippen LogP contribution is -2.12. The number of hydrogen-bond donors (Lipinski definition) is 1. The van der Waals surface area contributed by atoms with Crippen LogP contribution in [0.2, 0.25) is 0 Å². The average molecular weight is 403 g/mol.